The van der Waals surface area contributed by atoms with Crippen molar-refractivity contribution in [3.05, 3.63) is 59.2 Å². The number of benzene rings is 2. The summed E-state index contributed by atoms with van der Waals surface area (Å²) in [7, 11) is -3.72. The van der Waals surface area contributed by atoms with Crippen molar-refractivity contribution >= 4 is 27.5 Å². The molecule has 1 saturated heterocycles. The Kier molecular flexibility index (Phi) is 6.45. The molecule has 3 rings (SSSR count). The Balaban J connectivity index is 1.66. The van der Waals surface area contributed by atoms with E-state index in [1.54, 1.807) is 48.2 Å². The van der Waals surface area contributed by atoms with Crippen molar-refractivity contribution in [2.75, 3.05) is 17.8 Å². The summed E-state index contributed by atoms with van der Waals surface area (Å²) >= 11 is 0. The molecule has 0 radical (unpaired) electrons. The molecule has 0 atom stereocenters. The molecule has 1 heterocycles. The van der Waals surface area contributed by atoms with Crippen molar-refractivity contribution in [3.63, 3.8) is 0 Å². The first-order chi connectivity index (χ1) is 14.2. The van der Waals surface area contributed by atoms with Gasteiger partial charge in [0.05, 0.1) is 4.90 Å². The van der Waals surface area contributed by atoms with Gasteiger partial charge in [0.1, 0.15) is 0 Å². The lowest BCUT2D eigenvalue weighted by Gasteiger charge is -2.32. The number of likely N-dealkylation sites (tertiary alicyclic amines) is 1. The fourth-order valence-corrected chi connectivity index (χ4v) is 4.97. The number of nitrogens with one attached hydrogen (secondary N) is 2. The number of amides is 2. The van der Waals surface area contributed by atoms with E-state index in [9.17, 15) is 18.0 Å². The van der Waals surface area contributed by atoms with Crippen LogP contribution in [0.25, 0.3) is 0 Å². The minimum atomic E-state index is -3.72. The maximum Gasteiger partial charge on any atom is 0.262 e. The Bertz CT molecular complexity index is 1040. The summed E-state index contributed by atoms with van der Waals surface area (Å²) in [5.74, 6) is -0.154. The van der Waals surface area contributed by atoms with E-state index in [0.717, 1.165) is 18.4 Å². The van der Waals surface area contributed by atoms with Gasteiger partial charge in [0.2, 0.25) is 5.91 Å². The lowest BCUT2D eigenvalue weighted by Crippen LogP contribution is -2.46. The molecule has 2 amide bonds. The molecular weight excluding hydrogens is 402 g/mol. The van der Waals surface area contributed by atoms with Crippen molar-refractivity contribution in [1.82, 2.24) is 10.2 Å². The fourth-order valence-electron chi connectivity index (χ4n) is 3.58. The van der Waals surface area contributed by atoms with Crippen LogP contribution in [0.4, 0.5) is 5.69 Å². The van der Waals surface area contributed by atoms with E-state index < -0.39 is 10.0 Å². The second kappa shape index (κ2) is 8.87. The van der Waals surface area contributed by atoms with Gasteiger partial charge in [-0.2, -0.15) is 0 Å². The van der Waals surface area contributed by atoms with Crippen LogP contribution in [-0.2, 0) is 14.8 Å². The molecule has 0 unspecified atom stereocenters. The van der Waals surface area contributed by atoms with Crippen LogP contribution in [-0.4, -0.2) is 44.3 Å². The summed E-state index contributed by atoms with van der Waals surface area (Å²) < 4.78 is 28.0. The second-order valence-corrected chi connectivity index (χ2v) is 9.37. The van der Waals surface area contributed by atoms with Crippen molar-refractivity contribution in [2.45, 2.75) is 44.6 Å². The van der Waals surface area contributed by atoms with Crippen LogP contribution in [0.3, 0.4) is 0 Å². The molecule has 0 bridgehead atoms. The number of piperidine rings is 1. The van der Waals surface area contributed by atoms with Gasteiger partial charge < -0.3 is 10.2 Å². The highest BCUT2D eigenvalue weighted by Crippen LogP contribution is 2.22. The Morgan fingerprint density at radius 1 is 1.00 bits per heavy atom. The lowest BCUT2D eigenvalue weighted by molar-refractivity contribution is -0.119. The summed E-state index contributed by atoms with van der Waals surface area (Å²) in [6.45, 7) is 6.24. The molecule has 30 heavy (non-hydrogen) atoms. The van der Waals surface area contributed by atoms with Crippen molar-refractivity contribution < 1.29 is 18.0 Å². The van der Waals surface area contributed by atoms with E-state index >= 15 is 0 Å². The zero-order valence-corrected chi connectivity index (χ0v) is 18.3. The number of aryl methyl sites for hydroxylation is 2. The van der Waals surface area contributed by atoms with Gasteiger partial charge in [0, 0.05) is 37.3 Å². The second-order valence-electron chi connectivity index (χ2n) is 7.72. The third kappa shape index (κ3) is 5.18. The summed E-state index contributed by atoms with van der Waals surface area (Å²) in [6, 6.07) is 11.8. The van der Waals surface area contributed by atoms with Crippen molar-refractivity contribution in [2.24, 2.45) is 0 Å². The number of anilines is 1. The smallest absolute Gasteiger partial charge is 0.262 e. The molecule has 2 aromatic rings. The van der Waals surface area contributed by atoms with Crippen LogP contribution in [0.5, 0.6) is 0 Å². The standard InChI is InChI=1S/C22H27N3O4S/c1-15-4-5-16(2)21(14-15)30(28,29)24-20-8-6-18(7-9-20)22(27)25-12-10-19(11-13-25)23-17(3)26/h4-9,14,19,24H,10-13H2,1-3H3,(H,23,26). The number of carbonyl (C=O) groups is 2. The van der Waals surface area contributed by atoms with Crippen LogP contribution in [0.15, 0.2) is 47.4 Å². The molecule has 8 heteroatoms. The molecule has 0 aromatic heterocycles. The Hall–Kier alpha value is -2.87. The van der Waals surface area contributed by atoms with E-state index in [1.165, 1.54) is 6.92 Å². The van der Waals surface area contributed by atoms with Crippen molar-refractivity contribution in [1.29, 1.82) is 0 Å². The monoisotopic (exact) mass is 429 g/mol. The van der Waals surface area contributed by atoms with E-state index in [1.807, 2.05) is 13.0 Å². The SMILES string of the molecule is CC(=O)NC1CCN(C(=O)c2ccc(NS(=O)(=O)c3cc(C)ccc3C)cc2)CC1. The molecule has 1 fully saturated rings. The molecule has 2 N–H and O–H groups in total. The van der Waals surface area contributed by atoms with E-state index in [2.05, 4.69) is 10.0 Å². The topological polar surface area (TPSA) is 95.6 Å². The number of hydrogen-bond donors (Lipinski definition) is 2. The predicted octanol–water partition coefficient (Wildman–Crippen LogP) is 2.84. The quantitative estimate of drug-likeness (QED) is 0.764. The number of sulfonamides is 1. The van der Waals surface area contributed by atoms with Gasteiger partial charge in [-0.25, -0.2) is 8.42 Å². The van der Waals surface area contributed by atoms with E-state index in [-0.39, 0.29) is 22.8 Å². The van der Waals surface area contributed by atoms with Gasteiger partial charge in [-0.3, -0.25) is 14.3 Å². The van der Waals surface area contributed by atoms with Crippen LogP contribution >= 0.6 is 0 Å². The van der Waals surface area contributed by atoms with E-state index in [0.29, 0.717) is 29.9 Å². The Labute approximate surface area is 177 Å². The third-order valence-corrected chi connectivity index (χ3v) is 6.73. The minimum Gasteiger partial charge on any atom is -0.353 e. The molecular formula is C22H27N3O4S. The van der Waals surface area contributed by atoms with Gasteiger partial charge >= 0.3 is 0 Å². The molecule has 1 aliphatic rings. The normalized spacial score (nSPS) is 15.0. The van der Waals surface area contributed by atoms with Crippen LogP contribution in [0, 0.1) is 13.8 Å². The maximum absolute atomic E-state index is 12.7. The van der Waals surface area contributed by atoms with Gasteiger partial charge in [-0.1, -0.05) is 12.1 Å². The molecule has 7 nitrogen and oxygen atoms in total. The van der Waals surface area contributed by atoms with Crippen LogP contribution in [0.1, 0.15) is 41.3 Å². The number of nitrogens with zero attached hydrogens (tertiary/aromatic N) is 1. The Morgan fingerprint density at radius 2 is 1.63 bits per heavy atom. The summed E-state index contributed by atoms with van der Waals surface area (Å²) in [6.07, 6.45) is 1.44. The average Bonchev–Trinajstić information content (AvgIpc) is 2.69. The number of rotatable bonds is 5. The predicted molar refractivity (Wildman–Crippen MR) is 116 cm³/mol. The van der Waals surface area contributed by atoms with Gasteiger partial charge in [-0.05, 0) is 68.1 Å². The fraction of sp³-hybridized carbons (Fsp3) is 0.364. The lowest BCUT2D eigenvalue weighted by atomic mass is 10.0. The van der Waals surface area contributed by atoms with Gasteiger partial charge in [0.15, 0.2) is 0 Å². The van der Waals surface area contributed by atoms with Crippen LogP contribution < -0.4 is 10.0 Å². The van der Waals surface area contributed by atoms with Gasteiger partial charge in [-0.15, -0.1) is 0 Å². The number of hydrogen-bond acceptors (Lipinski definition) is 4. The molecule has 0 aliphatic carbocycles. The highest BCUT2D eigenvalue weighted by molar-refractivity contribution is 7.92. The average molecular weight is 430 g/mol. The largest absolute Gasteiger partial charge is 0.353 e. The number of carbonyl (C=O) groups excluding carboxylic acids is 2. The first-order valence-electron chi connectivity index (χ1n) is 9.92. The molecule has 0 saturated carbocycles. The van der Waals surface area contributed by atoms with Gasteiger partial charge in [0.25, 0.3) is 15.9 Å². The molecule has 2 aromatic carbocycles. The van der Waals surface area contributed by atoms with Crippen LogP contribution in [0.2, 0.25) is 0 Å². The third-order valence-electron chi connectivity index (χ3n) is 5.21. The highest BCUT2D eigenvalue weighted by Gasteiger charge is 2.24. The van der Waals surface area contributed by atoms with Crippen molar-refractivity contribution in [3.8, 4) is 0 Å². The summed E-state index contributed by atoms with van der Waals surface area (Å²) in [5.41, 5.74) is 2.44. The Morgan fingerprint density at radius 3 is 2.23 bits per heavy atom. The first kappa shape index (κ1) is 21.8. The molecule has 0 spiro atoms. The minimum absolute atomic E-state index is 0.0568. The molecule has 1 aliphatic heterocycles. The zero-order valence-electron chi connectivity index (χ0n) is 17.4. The summed E-state index contributed by atoms with van der Waals surface area (Å²) in [4.78, 5) is 25.9. The maximum atomic E-state index is 12.7. The zero-order chi connectivity index (χ0) is 21.9. The van der Waals surface area contributed by atoms with E-state index in [4.69, 9.17) is 0 Å². The first-order valence-corrected chi connectivity index (χ1v) is 11.4. The highest BCUT2D eigenvalue weighted by atomic mass is 32.2. The summed E-state index contributed by atoms with van der Waals surface area (Å²) in [5, 5.41) is 2.89. The molecule has 160 valence electrons.